The molecule has 24 heavy (non-hydrogen) atoms. The molecule has 2 saturated carbocycles. The van der Waals surface area contributed by atoms with Gasteiger partial charge in [-0.2, -0.15) is 0 Å². The summed E-state index contributed by atoms with van der Waals surface area (Å²) in [5.74, 6) is 0.214. The Hall–Kier alpha value is -2.55. The third kappa shape index (κ3) is 2.71. The predicted molar refractivity (Wildman–Crippen MR) is 87.3 cm³/mol. The van der Waals surface area contributed by atoms with Crippen molar-refractivity contribution in [2.75, 3.05) is 18.0 Å². The standard InChI is InChI=1S/C18H19N3O3/c1-19-18(8-9-18)13-4-6-14(7-5-13)21-11-15(24-17(21)23)10-20-16(22)12-2-3-12/h4-7,12,15H,2-3,8-11H2,(H,20,22)/t15-/m0/s1. The van der Waals surface area contributed by atoms with E-state index in [2.05, 4.69) is 10.2 Å². The van der Waals surface area contributed by atoms with Crippen LogP contribution in [-0.4, -0.2) is 31.2 Å². The molecule has 3 aliphatic rings. The zero-order valence-electron chi connectivity index (χ0n) is 13.3. The third-order valence-corrected chi connectivity index (χ3v) is 4.98. The van der Waals surface area contributed by atoms with Crippen LogP contribution in [0.15, 0.2) is 24.3 Å². The highest BCUT2D eigenvalue weighted by Gasteiger charge is 2.52. The average molecular weight is 325 g/mol. The van der Waals surface area contributed by atoms with Crippen LogP contribution < -0.4 is 10.2 Å². The molecule has 2 amide bonds. The molecule has 0 aromatic heterocycles. The lowest BCUT2D eigenvalue weighted by molar-refractivity contribution is -0.122. The summed E-state index contributed by atoms with van der Waals surface area (Å²) in [6.07, 6.45) is 3.02. The number of benzene rings is 1. The molecule has 2 aliphatic carbocycles. The topological polar surface area (TPSA) is 63.0 Å². The molecule has 0 spiro atoms. The molecule has 1 saturated heterocycles. The molecule has 0 unspecified atom stereocenters. The summed E-state index contributed by atoms with van der Waals surface area (Å²) < 4.78 is 5.33. The molecule has 124 valence electrons. The number of hydrogen-bond acceptors (Lipinski definition) is 3. The van der Waals surface area contributed by atoms with Crippen LogP contribution in [0.2, 0.25) is 0 Å². The third-order valence-electron chi connectivity index (χ3n) is 4.98. The van der Waals surface area contributed by atoms with Crippen LogP contribution in [0.1, 0.15) is 31.2 Å². The molecule has 1 aliphatic heterocycles. The Morgan fingerprint density at radius 2 is 2.04 bits per heavy atom. The van der Waals surface area contributed by atoms with E-state index < -0.39 is 0 Å². The summed E-state index contributed by atoms with van der Waals surface area (Å²) in [6.45, 7) is 8.09. The van der Waals surface area contributed by atoms with Crippen molar-refractivity contribution in [3.8, 4) is 0 Å². The Bertz CT molecular complexity index is 714. The van der Waals surface area contributed by atoms with Crippen molar-refractivity contribution >= 4 is 17.7 Å². The van der Waals surface area contributed by atoms with Crippen molar-refractivity contribution in [1.29, 1.82) is 0 Å². The van der Waals surface area contributed by atoms with Gasteiger partial charge in [-0.15, -0.1) is 0 Å². The Morgan fingerprint density at radius 3 is 2.62 bits per heavy atom. The van der Waals surface area contributed by atoms with E-state index in [0.29, 0.717) is 13.1 Å². The number of carbonyl (C=O) groups excluding carboxylic acids is 2. The first kappa shape index (κ1) is 15.0. The van der Waals surface area contributed by atoms with Crippen molar-refractivity contribution in [3.63, 3.8) is 0 Å². The molecule has 6 nitrogen and oxygen atoms in total. The maximum absolute atomic E-state index is 12.1. The molecule has 1 N–H and O–H groups in total. The van der Waals surface area contributed by atoms with Crippen molar-refractivity contribution < 1.29 is 14.3 Å². The van der Waals surface area contributed by atoms with Gasteiger partial charge >= 0.3 is 6.09 Å². The fourth-order valence-electron chi connectivity index (χ4n) is 3.08. The van der Waals surface area contributed by atoms with Gasteiger partial charge in [-0.05, 0) is 37.1 Å². The molecule has 0 bridgehead atoms. The van der Waals surface area contributed by atoms with Gasteiger partial charge in [0.2, 0.25) is 5.91 Å². The van der Waals surface area contributed by atoms with Crippen molar-refractivity contribution in [2.24, 2.45) is 5.92 Å². The van der Waals surface area contributed by atoms with Gasteiger partial charge in [0.25, 0.3) is 5.54 Å². The van der Waals surface area contributed by atoms with Crippen molar-refractivity contribution in [3.05, 3.63) is 41.2 Å². The van der Waals surface area contributed by atoms with E-state index in [0.717, 1.165) is 36.9 Å². The summed E-state index contributed by atoms with van der Waals surface area (Å²) in [4.78, 5) is 29.0. The highest BCUT2D eigenvalue weighted by atomic mass is 16.6. The van der Waals surface area contributed by atoms with Crippen LogP contribution in [0.3, 0.4) is 0 Å². The van der Waals surface area contributed by atoms with E-state index in [9.17, 15) is 9.59 Å². The van der Waals surface area contributed by atoms with E-state index in [1.807, 2.05) is 24.3 Å². The van der Waals surface area contributed by atoms with Crippen LogP contribution in [-0.2, 0) is 15.1 Å². The molecule has 4 rings (SSSR count). The second-order valence-corrected chi connectivity index (χ2v) is 6.83. The fourth-order valence-corrected chi connectivity index (χ4v) is 3.08. The van der Waals surface area contributed by atoms with Crippen LogP contribution in [0.5, 0.6) is 0 Å². The van der Waals surface area contributed by atoms with E-state index in [1.54, 1.807) is 4.90 Å². The Labute approximate surface area is 140 Å². The first-order valence-electron chi connectivity index (χ1n) is 8.36. The van der Waals surface area contributed by atoms with Gasteiger partial charge in [-0.3, -0.25) is 9.69 Å². The predicted octanol–water partition coefficient (Wildman–Crippen LogP) is 2.45. The highest BCUT2D eigenvalue weighted by Crippen LogP contribution is 2.49. The summed E-state index contributed by atoms with van der Waals surface area (Å²) in [7, 11) is 0. The number of anilines is 1. The minimum atomic E-state index is -0.389. The second kappa shape index (κ2) is 5.52. The SMILES string of the molecule is [C-]#[N+]C1(c2ccc(N3C[C@H](CNC(=O)C4CC4)OC3=O)cc2)CC1. The monoisotopic (exact) mass is 325 g/mol. The van der Waals surface area contributed by atoms with Gasteiger partial charge in [0.1, 0.15) is 6.10 Å². The molecule has 6 heteroatoms. The zero-order chi connectivity index (χ0) is 16.7. The minimum Gasteiger partial charge on any atom is -0.442 e. The fraction of sp³-hybridized carbons (Fsp3) is 0.500. The van der Waals surface area contributed by atoms with Crippen LogP contribution >= 0.6 is 0 Å². The maximum atomic E-state index is 12.1. The lowest BCUT2D eigenvalue weighted by Gasteiger charge is -2.14. The van der Waals surface area contributed by atoms with Gasteiger partial charge in [0, 0.05) is 30.0 Å². The van der Waals surface area contributed by atoms with E-state index >= 15 is 0 Å². The Kier molecular flexibility index (Phi) is 3.45. The Balaban J connectivity index is 1.38. The van der Waals surface area contributed by atoms with E-state index in [1.165, 1.54) is 0 Å². The van der Waals surface area contributed by atoms with Gasteiger partial charge < -0.3 is 14.9 Å². The van der Waals surface area contributed by atoms with E-state index in [4.69, 9.17) is 11.3 Å². The molecule has 1 aromatic rings. The summed E-state index contributed by atoms with van der Waals surface area (Å²) in [6, 6.07) is 7.59. The smallest absolute Gasteiger partial charge is 0.414 e. The first-order chi connectivity index (χ1) is 11.6. The quantitative estimate of drug-likeness (QED) is 0.846. The van der Waals surface area contributed by atoms with E-state index in [-0.39, 0.29) is 29.6 Å². The molecule has 1 atom stereocenters. The number of nitrogens with one attached hydrogen (secondary N) is 1. The number of cyclic esters (lactones) is 1. The molecule has 1 heterocycles. The highest BCUT2D eigenvalue weighted by molar-refractivity contribution is 5.90. The molecular formula is C18H19N3O3. The van der Waals surface area contributed by atoms with Gasteiger partial charge in [-0.1, -0.05) is 0 Å². The number of hydrogen-bond donors (Lipinski definition) is 1. The maximum Gasteiger partial charge on any atom is 0.414 e. The lowest BCUT2D eigenvalue weighted by atomic mass is 10.1. The van der Waals surface area contributed by atoms with Crippen molar-refractivity contribution in [1.82, 2.24) is 5.32 Å². The van der Waals surface area contributed by atoms with Crippen molar-refractivity contribution in [2.45, 2.75) is 37.3 Å². The molecule has 0 radical (unpaired) electrons. The number of nitrogens with zero attached hydrogens (tertiary/aromatic N) is 2. The molecule has 3 fully saturated rings. The first-order valence-corrected chi connectivity index (χ1v) is 8.36. The van der Waals surface area contributed by atoms with Crippen LogP contribution in [0.4, 0.5) is 10.5 Å². The number of carbonyl (C=O) groups is 2. The summed E-state index contributed by atoms with van der Waals surface area (Å²) in [5, 5.41) is 2.85. The average Bonchev–Trinajstić information content (AvgIpc) is 3.51. The molecular weight excluding hydrogens is 306 g/mol. The summed E-state index contributed by atoms with van der Waals surface area (Å²) in [5.41, 5.74) is 1.45. The largest absolute Gasteiger partial charge is 0.442 e. The number of amides is 2. The normalized spacial score (nSPS) is 24.2. The number of rotatable bonds is 5. The van der Waals surface area contributed by atoms with Gasteiger partial charge in [-0.25, -0.2) is 11.4 Å². The number of ether oxygens (including phenoxy) is 1. The summed E-state index contributed by atoms with van der Waals surface area (Å²) >= 11 is 0. The Morgan fingerprint density at radius 1 is 1.33 bits per heavy atom. The zero-order valence-corrected chi connectivity index (χ0v) is 13.3. The second-order valence-electron chi connectivity index (χ2n) is 6.83. The van der Waals surface area contributed by atoms with Gasteiger partial charge in [0.15, 0.2) is 0 Å². The molecule has 1 aromatic carbocycles. The van der Waals surface area contributed by atoms with Crippen LogP contribution in [0.25, 0.3) is 4.85 Å². The van der Waals surface area contributed by atoms with Crippen LogP contribution in [0, 0.1) is 12.5 Å². The van der Waals surface area contributed by atoms with Gasteiger partial charge in [0.05, 0.1) is 13.1 Å². The lowest BCUT2D eigenvalue weighted by Crippen LogP contribution is -2.35. The minimum absolute atomic E-state index is 0.0581.